The standard InChI is InChI=1S/C18H16N6/c1-13-9-22-15(10-21-13)11-24-12-23-16(14-5-3-2-4-6-14)17(24)18-19-7-8-20-18/h2-10,12H,11H2,1H3,(H,19,20). The topological polar surface area (TPSA) is 72.3 Å². The van der Waals surface area contributed by atoms with Gasteiger partial charge < -0.3 is 9.55 Å². The van der Waals surface area contributed by atoms with Crippen LogP contribution in [0.1, 0.15) is 11.4 Å². The molecule has 3 heterocycles. The first kappa shape index (κ1) is 14.3. The third kappa shape index (κ3) is 2.69. The van der Waals surface area contributed by atoms with Gasteiger partial charge in [0.05, 0.1) is 36.2 Å². The summed E-state index contributed by atoms with van der Waals surface area (Å²) in [4.78, 5) is 20.9. The van der Waals surface area contributed by atoms with E-state index < -0.39 is 0 Å². The van der Waals surface area contributed by atoms with E-state index in [1.807, 2.05) is 54.3 Å². The zero-order chi connectivity index (χ0) is 16.4. The van der Waals surface area contributed by atoms with Gasteiger partial charge in [0.15, 0.2) is 5.82 Å². The number of nitrogens with zero attached hydrogens (tertiary/aromatic N) is 5. The molecular formula is C18H16N6. The van der Waals surface area contributed by atoms with Crippen molar-refractivity contribution in [1.82, 2.24) is 29.5 Å². The minimum atomic E-state index is 0.586. The van der Waals surface area contributed by atoms with E-state index >= 15 is 0 Å². The molecule has 0 aliphatic carbocycles. The maximum atomic E-state index is 4.61. The Morgan fingerprint density at radius 1 is 1.00 bits per heavy atom. The minimum Gasteiger partial charge on any atom is -0.343 e. The summed E-state index contributed by atoms with van der Waals surface area (Å²) in [5, 5.41) is 0. The zero-order valence-electron chi connectivity index (χ0n) is 13.2. The van der Waals surface area contributed by atoms with Crippen molar-refractivity contribution < 1.29 is 0 Å². The van der Waals surface area contributed by atoms with Crippen molar-refractivity contribution in [2.75, 3.05) is 0 Å². The summed E-state index contributed by atoms with van der Waals surface area (Å²) in [5.74, 6) is 0.784. The van der Waals surface area contributed by atoms with Crippen LogP contribution in [-0.2, 0) is 6.54 Å². The maximum absolute atomic E-state index is 4.61. The number of imidazole rings is 2. The van der Waals surface area contributed by atoms with Crippen LogP contribution >= 0.6 is 0 Å². The lowest BCUT2D eigenvalue weighted by Gasteiger charge is -2.08. The first-order valence-corrected chi connectivity index (χ1v) is 7.69. The first-order chi connectivity index (χ1) is 11.8. The van der Waals surface area contributed by atoms with Gasteiger partial charge in [0.1, 0.15) is 5.69 Å². The highest BCUT2D eigenvalue weighted by Gasteiger charge is 2.17. The van der Waals surface area contributed by atoms with Gasteiger partial charge in [-0.15, -0.1) is 0 Å². The third-order valence-corrected chi connectivity index (χ3v) is 3.77. The van der Waals surface area contributed by atoms with E-state index in [1.165, 1.54) is 0 Å². The molecule has 0 aliphatic heterocycles. The predicted octanol–water partition coefficient (Wildman–Crippen LogP) is 3.09. The molecule has 1 aromatic carbocycles. The number of aromatic amines is 1. The minimum absolute atomic E-state index is 0.586. The van der Waals surface area contributed by atoms with Gasteiger partial charge in [-0.3, -0.25) is 9.97 Å². The van der Waals surface area contributed by atoms with Gasteiger partial charge in [0, 0.05) is 24.2 Å². The van der Waals surface area contributed by atoms with E-state index in [2.05, 4.69) is 24.9 Å². The van der Waals surface area contributed by atoms with E-state index in [0.29, 0.717) is 6.54 Å². The number of nitrogens with one attached hydrogen (secondary N) is 1. The van der Waals surface area contributed by atoms with Gasteiger partial charge in [-0.05, 0) is 6.92 Å². The van der Waals surface area contributed by atoms with E-state index in [1.54, 1.807) is 18.6 Å². The van der Waals surface area contributed by atoms with Crippen molar-refractivity contribution in [3.8, 4) is 22.8 Å². The maximum Gasteiger partial charge on any atom is 0.156 e. The van der Waals surface area contributed by atoms with Gasteiger partial charge in [-0.1, -0.05) is 30.3 Å². The number of aryl methyl sites for hydroxylation is 1. The molecule has 0 saturated carbocycles. The average Bonchev–Trinajstić information content (AvgIpc) is 3.27. The van der Waals surface area contributed by atoms with E-state index in [-0.39, 0.29) is 0 Å². The molecule has 6 heteroatoms. The SMILES string of the molecule is Cc1cnc(Cn2cnc(-c3ccccc3)c2-c2ncc[nH]2)cn1. The van der Waals surface area contributed by atoms with Crippen molar-refractivity contribution in [3.63, 3.8) is 0 Å². The number of hydrogen-bond donors (Lipinski definition) is 1. The Hall–Kier alpha value is -3.28. The van der Waals surface area contributed by atoms with Crippen LogP contribution in [0.3, 0.4) is 0 Å². The van der Waals surface area contributed by atoms with Crippen molar-refractivity contribution in [2.24, 2.45) is 0 Å². The summed E-state index contributed by atoms with van der Waals surface area (Å²) in [6, 6.07) is 10.1. The molecule has 0 fully saturated rings. The molecule has 0 amide bonds. The number of H-pyrrole nitrogens is 1. The van der Waals surface area contributed by atoms with Crippen molar-refractivity contribution in [3.05, 3.63) is 72.8 Å². The second-order valence-corrected chi connectivity index (χ2v) is 5.52. The smallest absolute Gasteiger partial charge is 0.156 e. The summed E-state index contributed by atoms with van der Waals surface area (Å²) >= 11 is 0. The molecule has 118 valence electrons. The van der Waals surface area contributed by atoms with Crippen LogP contribution in [0.15, 0.2) is 61.4 Å². The monoisotopic (exact) mass is 316 g/mol. The summed E-state index contributed by atoms with van der Waals surface area (Å²) in [6.07, 6.45) is 8.95. The second kappa shape index (κ2) is 6.08. The Morgan fingerprint density at radius 3 is 2.58 bits per heavy atom. The van der Waals surface area contributed by atoms with Crippen LogP contribution in [0.2, 0.25) is 0 Å². The fourth-order valence-corrected chi connectivity index (χ4v) is 2.63. The van der Waals surface area contributed by atoms with E-state index in [0.717, 1.165) is 34.2 Å². The Balaban J connectivity index is 1.80. The average molecular weight is 316 g/mol. The Morgan fingerprint density at radius 2 is 1.88 bits per heavy atom. The number of aromatic nitrogens is 6. The summed E-state index contributed by atoms with van der Waals surface area (Å²) < 4.78 is 2.04. The molecule has 0 unspecified atom stereocenters. The highest BCUT2D eigenvalue weighted by atomic mass is 15.1. The molecule has 4 rings (SSSR count). The lowest BCUT2D eigenvalue weighted by molar-refractivity contribution is 0.768. The van der Waals surface area contributed by atoms with Crippen LogP contribution in [0.25, 0.3) is 22.8 Å². The van der Waals surface area contributed by atoms with Gasteiger partial charge >= 0.3 is 0 Å². The summed E-state index contributed by atoms with van der Waals surface area (Å²) in [5.41, 5.74) is 4.67. The molecule has 4 aromatic rings. The lowest BCUT2D eigenvalue weighted by atomic mass is 10.1. The van der Waals surface area contributed by atoms with Crippen LogP contribution in [-0.4, -0.2) is 29.5 Å². The molecular weight excluding hydrogens is 300 g/mol. The predicted molar refractivity (Wildman–Crippen MR) is 91.1 cm³/mol. The fourth-order valence-electron chi connectivity index (χ4n) is 2.63. The van der Waals surface area contributed by atoms with Crippen molar-refractivity contribution in [1.29, 1.82) is 0 Å². The molecule has 1 N–H and O–H groups in total. The molecule has 6 nitrogen and oxygen atoms in total. The molecule has 0 aliphatic rings. The number of hydrogen-bond acceptors (Lipinski definition) is 4. The summed E-state index contributed by atoms with van der Waals surface area (Å²) in [7, 11) is 0. The van der Waals surface area contributed by atoms with Gasteiger partial charge in [0.25, 0.3) is 0 Å². The van der Waals surface area contributed by atoms with Crippen LogP contribution in [0.4, 0.5) is 0 Å². The molecule has 0 atom stereocenters. The molecule has 0 spiro atoms. The van der Waals surface area contributed by atoms with Crippen molar-refractivity contribution >= 4 is 0 Å². The van der Waals surface area contributed by atoms with Gasteiger partial charge in [-0.25, -0.2) is 9.97 Å². The first-order valence-electron chi connectivity index (χ1n) is 7.69. The molecule has 0 bridgehead atoms. The zero-order valence-corrected chi connectivity index (χ0v) is 13.2. The highest BCUT2D eigenvalue weighted by molar-refractivity contribution is 5.75. The molecule has 0 saturated heterocycles. The second-order valence-electron chi connectivity index (χ2n) is 5.52. The van der Waals surface area contributed by atoms with Crippen LogP contribution in [0.5, 0.6) is 0 Å². The number of rotatable bonds is 4. The van der Waals surface area contributed by atoms with E-state index in [9.17, 15) is 0 Å². The number of benzene rings is 1. The Bertz CT molecular complexity index is 924. The molecule has 0 radical (unpaired) electrons. The van der Waals surface area contributed by atoms with Gasteiger partial charge in [0.2, 0.25) is 0 Å². The Labute approximate surface area is 139 Å². The Kier molecular flexibility index (Phi) is 3.63. The normalized spacial score (nSPS) is 10.9. The van der Waals surface area contributed by atoms with Crippen LogP contribution < -0.4 is 0 Å². The van der Waals surface area contributed by atoms with Crippen LogP contribution in [0, 0.1) is 6.92 Å². The largest absolute Gasteiger partial charge is 0.343 e. The third-order valence-electron chi connectivity index (χ3n) is 3.77. The highest BCUT2D eigenvalue weighted by Crippen LogP contribution is 2.29. The molecule has 24 heavy (non-hydrogen) atoms. The molecule has 3 aromatic heterocycles. The van der Waals surface area contributed by atoms with Crippen molar-refractivity contribution in [2.45, 2.75) is 13.5 Å². The quantitative estimate of drug-likeness (QED) is 0.628. The van der Waals surface area contributed by atoms with Gasteiger partial charge in [-0.2, -0.15) is 0 Å². The summed E-state index contributed by atoms with van der Waals surface area (Å²) in [6.45, 7) is 2.51. The van der Waals surface area contributed by atoms with E-state index in [4.69, 9.17) is 0 Å². The lowest BCUT2D eigenvalue weighted by Crippen LogP contribution is -2.04. The fraction of sp³-hybridized carbons (Fsp3) is 0.111.